The molecule has 102 valence electrons. The van der Waals surface area contributed by atoms with E-state index in [1.54, 1.807) is 12.1 Å². The van der Waals surface area contributed by atoms with E-state index in [-0.39, 0.29) is 6.08 Å². The van der Waals surface area contributed by atoms with Crippen LogP contribution in [0.25, 0.3) is 10.9 Å². The fourth-order valence-electron chi connectivity index (χ4n) is 1.76. The Bertz CT molecular complexity index is 609. The van der Waals surface area contributed by atoms with Crippen LogP contribution in [0.5, 0.6) is 6.08 Å². The largest absolute Gasteiger partial charge is 0.450 e. The normalized spacial score (nSPS) is 10.8. The van der Waals surface area contributed by atoms with Gasteiger partial charge in [-0.25, -0.2) is 4.79 Å². The molecule has 0 saturated carbocycles. The quantitative estimate of drug-likeness (QED) is 0.602. The number of halogens is 1. The lowest BCUT2D eigenvalue weighted by molar-refractivity contribution is 0.212. The molecule has 0 aliphatic heterocycles. The second-order valence-electron chi connectivity index (χ2n) is 4.39. The van der Waals surface area contributed by atoms with Gasteiger partial charge in [-0.2, -0.15) is 4.98 Å². The molecular formula is C14H16ClNO3. The van der Waals surface area contributed by atoms with Crippen LogP contribution in [0.2, 0.25) is 0 Å². The third-order valence-electron chi connectivity index (χ3n) is 2.77. The number of benzene rings is 1. The molecule has 4 nitrogen and oxygen atoms in total. The van der Waals surface area contributed by atoms with Gasteiger partial charge in [-0.1, -0.05) is 11.6 Å². The minimum absolute atomic E-state index is 0.0345. The SMILES string of the molecule is Cc1ccc2nc(OCCCCCCl)oc(=O)c2c1. The van der Waals surface area contributed by atoms with Crippen LogP contribution in [0, 0.1) is 6.92 Å². The van der Waals surface area contributed by atoms with Gasteiger partial charge in [-0.3, -0.25) is 0 Å². The Morgan fingerprint density at radius 1 is 1.32 bits per heavy atom. The fourth-order valence-corrected chi connectivity index (χ4v) is 1.95. The Labute approximate surface area is 116 Å². The topological polar surface area (TPSA) is 52.3 Å². The highest BCUT2D eigenvalue weighted by atomic mass is 35.5. The molecule has 0 saturated heterocycles. The summed E-state index contributed by atoms with van der Waals surface area (Å²) < 4.78 is 10.4. The third kappa shape index (κ3) is 3.70. The molecule has 0 radical (unpaired) electrons. The van der Waals surface area contributed by atoms with Crippen molar-refractivity contribution in [1.82, 2.24) is 4.98 Å². The summed E-state index contributed by atoms with van der Waals surface area (Å²) in [6.45, 7) is 2.39. The van der Waals surface area contributed by atoms with Crippen molar-refractivity contribution in [2.24, 2.45) is 0 Å². The second kappa shape index (κ2) is 6.57. The zero-order chi connectivity index (χ0) is 13.7. The van der Waals surface area contributed by atoms with E-state index in [2.05, 4.69) is 4.98 Å². The van der Waals surface area contributed by atoms with Crippen LogP contribution in [-0.4, -0.2) is 17.5 Å². The summed E-state index contributed by atoms with van der Waals surface area (Å²) in [5.74, 6) is 0.655. The molecule has 0 N–H and O–H groups in total. The molecule has 0 amide bonds. The molecule has 1 heterocycles. The molecule has 0 atom stereocenters. The van der Waals surface area contributed by atoms with Crippen molar-refractivity contribution in [3.8, 4) is 6.08 Å². The number of nitrogens with zero attached hydrogens (tertiary/aromatic N) is 1. The summed E-state index contributed by atoms with van der Waals surface area (Å²) in [5, 5.41) is 0.481. The van der Waals surface area contributed by atoms with Gasteiger partial charge < -0.3 is 9.15 Å². The predicted octanol–water partition coefficient (Wildman–Crippen LogP) is 3.28. The first-order valence-corrected chi connectivity index (χ1v) is 6.84. The molecular weight excluding hydrogens is 266 g/mol. The van der Waals surface area contributed by atoms with Gasteiger partial charge in [0.05, 0.1) is 17.5 Å². The van der Waals surface area contributed by atoms with E-state index in [1.807, 2.05) is 13.0 Å². The first-order valence-electron chi connectivity index (χ1n) is 6.31. The van der Waals surface area contributed by atoms with E-state index in [0.29, 0.717) is 23.4 Å². The smallest absolute Gasteiger partial charge is 0.397 e. The molecule has 5 heteroatoms. The zero-order valence-corrected chi connectivity index (χ0v) is 11.6. The Hall–Kier alpha value is -1.55. The minimum Gasteiger partial charge on any atom is -0.450 e. The summed E-state index contributed by atoms with van der Waals surface area (Å²) in [6.07, 6.45) is 2.84. The molecule has 0 aliphatic rings. The van der Waals surface area contributed by atoms with Gasteiger partial charge in [-0.15, -0.1) is 11.6 Å². The predicted molar refractivity (Wildman–Crippen MR) is 75.1 cm³/mol. The van der Waals surface area contributed by atoms with Crippen LogP contribution < -0.4 is 10.4 Å². The summed E-state index contributed by atoms with van der Waals surface area (Å²) in [7, 11) is 0. The van der Waals surface area contributed by atoms with Crippen molar-refractivity contribution in [3.63, 3.8) is 0 Å². The van der Waals surface area contributed by atoms with Crippen molar-refractivity contribution in [1.29, 1.82) is 0 Å². The van der Waals surface area contributed by atoms with Crippen LogP contribution in [0.4, 0.5) is 0 Å². The van der Waals surface area contributed by atoms with Gasteiger partial charge in [0.25, 0.3) is 0 Å². The average Bonchev–Trinajstić information content (AvgIpc) is 2.39. The molecule has 0 fully saturated rings. The Kier molecular flexibility index (Phi) is 4.80. The molecule has 2 aromatic rings. The molecule has 19 heavy (non-hydrogen) atoms. The zero-order valence-electron chi connectivity index (χ0n) is 10.8. The summed E-state index contributed by atoms with van der Waals surface area (Å²) in [4.78, 5) is 16.0. The highest BCUT2D eigenvalue weighted by Crippen LogP contribution is 2.14. The van der Waals surface area contributed by atoms with Crippen LogP contribution in [0.1, 0.15) is 24.8 Å². The highest BCUT2D eigenvalue weighted by molar-refractivity contribution is 6.17. The highest BCUT2D eigenvalue weighted by Gasteiger charge is 2.07. The van der Waals surface area contributed by atoms with Gasteiger partial charge >= 0.3 is 11.7 Å². The standard InChI is InChI=1S/C14H16ClNO3/c1-10-5-6-12-11(9-10)13(17)19-14(16-12)18-8-4-2-3-7-15/h5-6,9H,2-4,7-8H2,1H3. The van der Waals surface area contributed by atoms with E-state index in [9.17, 15) is 4.79 Å². The van der Waals surface area contributed by atoms with Crippen molar-refractivity contribution >= 4 is 22.5 Å². The summed E-state index contributed by atoms with van der Waals surface area (Å²) in [5.41, 5.74) is 1.18. The minimum atomic E-state index is -0.413. The van der Waals surface area contributed by atoms with E-state index in [1.165, 1.54) is 0 Å². The molecule has 0 bridgehead atoms. The number of aromatic nitrogens is 1. The lowest BCUT2D eigenvalue weighted by Gasteiger charge is -2.04. The van der Waals surface area contributed by atoms with Crippen molar-refractivity contribution in [2.75, 3.05) is 12.5 Å². The van der Waals surface area contributed by atoms with Crippen molar-refractivity contribution < 1.29 is 9.15 Å². The number of hydrogen-bond acceptors (Lipinski definition) is 4. The number of hydrogen-bond donors (Lipinski definition) is 0. The van der Waals surface area contributed by atoms with E-state index < -0.39 is 5.63 Å². The molecule has 1 aromatic heterocycles. The average molecular weight is 282 g/mol. The number of ether oxygens (including phenoxy) is 1. The Morgan fingerprint density at radius 3 is 2.95 bits per heavy atom. The van der Waals surface area contributed by atoms with Gasteiger partial charge in [0.2, 0.25) is 0 Å². The Morgan fingerprint density at radius 2 is 2.16 bits per heavy atom. The van der Waals surface area contributed by atoms with E-state index in [4.69, 9.17) is 20.8 Å². The monoisotopic (exact) mass is 281 g/mol. The molecule has 2 rings (SSSR count). The summed E-state index contributed by atoms with van der Waals surface area (Å²) >= 11 is 5.58. The number of rotatable bonds is 6. The van der Waals surface area contributed by atoms with Crippen LogP contribution in [0.3, 0.4) is 0 Å². The van der Waals surface area contributed by atoms with Crippen molar-refractivity contribution in [3.05, 3.63) is 34.2 Å². The second-order valence-corrected chi connectivity index (χ2v) is 4.76. The Balaban J connectivity index is 2.08. The fraction of sp³-hybridized carbons (Fsp3) is 0.429. The molecule has 0 unspecified atom stereocenters. The number of fused-ring (bicyclic) bond motifs is 1. The number of unbranched alkanes of at least 4 members (excludes halogenated alkanes) is 2. The maximum atomic E-state index is 11.8. The molecule has 0 spiro atoms. The van der Waals surface area contributed by atoms with Gasteiger partial charge in [-0.05, 0) is 38.3 Å². The van der Waals surface area contributed by atoms with Crippen LogP contribution >= 0.6 is 11.6 Å². The maximum Gasteiger partial charge on any atom is 0.397 e. The van der Waals surface area contributed by atoms with Gasteiger partial charge in [0.15, 0.2) is 0 Å². The first-order chi connectivity index (χ1) is 9.20. The molecule has 0 aliphatic carbocycles. The third-order valence-corrected chi connectivity index (χ3v) is 3.03. The van der Waals surface area contributed by atoms with Crippen LogP contribution in [0.15, 0.2) is 27.4 Å². The van der Waals surface area contributed by atoms with Gasteiger partial charge in [0, 0.05) is 5.88 Å². The first kappa shape index (κ1) is 13.9. The van der Waals surface area contributed by atoms with Gasteiger partial charge in [0.1, 0.15) is 0 Å². The number of aryl methyl sites for hydroxylation is 1. The van der Waals surface area contributed by atoms with E-state index >= 15 is 0 Å². The summed E-state index contributed by atoms with van der Waals surface area (Å²) in [6, 6.07) is 5.46. The van der Waals surface area contributed by atoms with Crippen molar-refractivity contribution in [2.45, 2.75) is 26.2 Å². The van der Waals surface area contributed by atoms with Crippen LogP contribution in [-0.2, 0) is 0 Å². The lowest BCUT2D eigenvalue weighted by atomic mass is 10.2. The maximum absolute atomic E-state index is 11.8. The van der Waals surface area contributed by atoms with E-state index in [0.717, 1.165) is 24.8 Å². The number of alkyl halides is 1. The lowest BCUT2D eigenvalue weighted by Crippen LogP contribution is -2.06. The molecule has 1 aromatic carbocycles.